The second kappa shape index (κ2) is 5.18. The smallest absolute Gasteiger partial charge is 0.128 e. The number of aromatic nitrogens is 3. The zero-order valence-corrected chi connectivity index (χ0v) is 11.0. The third kappa shape index (κ3) is 2.87. The van der Waals surface area contributed by atoms with E-state index in [1.54, 1.807) is 10.9 Å². The quantitative estimate of drug-likeness (QED) is 0.886. The Labute approximate surface area is 107 Å². The summed E-state index contributed by atoms with van der Waals surface area (Å²) in [5, 5.41) is 4.16. The van der Waals surface area contributed by atoms with Crippen molar-refractivity contribution in [2.45, 2.75) is 19.5 Å². The maximum atomic E-state index is 5.88. The first-order valence-corrected chi connectivity index (χ1v) is 5.96. The number of nitrogens with zero attached hydrogens (tertiary/aromatic N) is 4. The molecule has 2 aromatic heterocycles. The highest BCUT2D eigenvalue weighted by molar-refractivity contribution is 5.41. The van der Waals surface area contributed by atoms with Gasteiger partial charge >= 0.3 is 0 Å². The first kappa shape index (κ1) is 12.6. The lowest BCUT2D eigenvalue weighted by Crippen LogP contribution is -2.18. The summed E-state index contributed by atoms with van der Waals surface area (Å²) in [4.78, 5) is 6.45. The van der Waals surface area contributed by atoms with Gasteiger partial charge in [0.05, 0.1) is 6.20 Å². The zero-order chi connectivity index (χ0) is 13.1. The molecular weight excluding hydrogens is 226 g/mol. The third-order valence-electron chi connectivity index (χ3n) is 2.86. The normalized spacial score (nSPS) is 12.4. The number of rotatable bonds is 4. The molecular formula is C13H19N5. The van der Waals surface area contributed by atoms with Gasteiger partial charge in [-0.1, -0.05) is 0 Å². The Balaban J connectivity index is 2.13. The summed E-state index contributed by atoms with van der Waals surface area (Å²) >= 11 is 0. The highest BCUT2D eigenvalue weighted by atomic mass is 15.2. The Bertz CT molecular complexity index is 518. The summed E-state index contributed by atoms with van der Waals surface area (Å²) < 4.78 is 1.80. The fourth-order valence-corrected chi connectivity index (χ4v) is 1.83. The summed E-state index contributed by atoms with van der Waals surface area (Å²) in [6.07, 6.45) is 5.67. The number of pyridine rings is 1. The maximum Gasteiger partial charge on any atom is 0.128 e. The van der Waals surface area contributed by atoms with E-state index in [1.165, 1.54) is 0 Å². The molecule has 96 valence electrons. The minimum absolute atomic E-state index is 0.0264. The van der Waals surface area contributed by atoms with Crippen LogP contribution < -0.4 is 10.6 Å². The predicted molar refractivity (Wildman–Crippen MR) is 72.2 cm³/mol. The molecule has 2 aromatic rings. The van der Waals surface area contributed by atoms with E-state index >= 15 is 0 Å². The van der Waals surface area contributed by atoms with Gasteiger partial charge in [0.15, 0.2) is 0 Å². The van der Waals surface area contributed by atoms with E-state index in [4.69, 9.17) is 5.73 Å². The Morgan fingerprint density at radius 2 is 2.28 bits per heavy atom. The van der Waals surface area contributed by atoms with Gasteiger partial charge in [-0.3, -0.25) is 4.68 Å². The molecule has 5 nitrogen and oxygen atoms in total. The molecule has 18 heavy (non-hydrogen) atoms. The van der Waals surface area contributed by atoms with Crippen molar-refractivity contribution in [2.75, 3.05) is 11.9 Å². The minimum atomic E-state index is 0.0264. The fourth-order valence-electron chi connectivity index (χ4n) is 1.83. The largest absolute Gasteiger partial charge is 0.355 e. The molecule has 0 amide bonds. The molecule has 0 aliphatic carbocycles. The molecule has 0 bridgehead atoms. The topological polar surface area (TPSA) is 60.0 Å². The summed E-state index contributed by atoms with van der Waals surface area (Å²) in [6.45, 7) is 2.75. The standard InChI is InChI=1S/C13H19N5/c1-10(14)12-4-5-15-13(6-12)17(2)8-11-7-16-18(3)9-11/h4-7,9-10H,8,14H2,1-3H3/t10-/m0/s1. The van der Waals surface area contributed by atoms with E-state index in [1.807, 2.05) is 45.5 Å². The minimum Gasteiger partial charge on any atom is -0.355 e. The van der Waals surface area contributed by atoms with Gasteiger partial charge in [-0.2, -0.15) is 5.10 Å². The van der Waals surface area contributed by atoms with Gasteiger partial charge < -0.3 is 10.6 Å². The van der Waals surface area contributed by atoms with E-state index in [-0.39, 0.29) is 6.04 Å². The van der Waals surface area contributed by atoms with Gasteiger partial charge in [0, 0.05) is 44.6 Å². The SMILES string of the molecule is C[C@H](N)c1ccnc(N(C)Cc2cnn(C)c2)c1. The molecule has 0 unspecified atom stereocenters. The van der Waals surface area contributed by atoms with Gasteiger partial charge in [0.25, 0.3) is 0 Å². The molecule has 0 aromatic carbocycles. The number of nitrogens with two attached hydrogens (primary N) is 1. The highest BCUT2D eigenvalue weighted by Crippen LogP contribution is 2.17. The van der Waals surface area contributed by atoms with Crippen LogP contribution in [-0.4, -0.2) is 21.8 Å². The average molecular weight is 245 g/mol. The Morgan fingerprint density at radius 1 is 1.50 bits per heavy atom. The van der Waals surface area contributed by atoms with Gasteiger partial charge in [0.1, 0.15) is 5.82 Å². The van der Waals surface area contributed by atoms with Crippen molar-refractivity contribution in [1.82, 2.24) is 14.8 Å². The van der Waals surface area contributed by atoms with Crippen molar-refractivity contribution in [2.24, 2.45) is 12.8 Å². The molecule has 0 saturated carbocycles. The van der Waals surface area contributed by atoms with E-state index < -0.39 is 0 Å². The molecule has 0 radical (unpaired) electrons. The fraction of sp³-hybridized carbons (Fsp3) is 0.385. The number of hydrogen-bond acceptors (Lipinski definition) is 4. The number of anilines is 1. The van der Waals surface area contributed by atoms with Crippen molar-refractivity contribution in [1.29, 1.82) is 0 Å². The Morgan fingerprint density at radius 3 is 2.89 bits per heavy atom. The van der Waals surface area contributed by atoms with Gasteiger partial charge in [-0.15, -0.1) is 0 Å². The van der Waals surface area contributed by atoms with Crippen molar-refractivity contribution in [3.63, 3.8) is 0 Å². The summed E-state index contributed by atoms with van der Waals surface area (Å²) in [7, 11) is 3.93. The first-order chi connectivity index (χ1) is 8.56. The van der Waals surface area contributed by atoms with Crippen molar-refractivity contribution in [3.8, 4) is 0 Å². The zero-order valence-electron chi connectivity index (χ0n) is 11.0. The molecule has 0 aliphatic rings. The van der Waals surface area contributed by atoms with Crippen molar-refractivity contribution >= 4 is 5.82 Å². The predicted octanol–water partition coefficient (Wildman–Crippen LogP) is 1.47. The van der Waals surface area contributed by atoms with E-state index in [2.05, 4.69) is 15.0 Å². The maximum absolute atomic E-state index is 5.88. The summed E-state index contributed by atoms with van der Waals surface area (Å²) in [5.74, 6) is 0.925. The number of hydrogen-bond donors (Lipinski definition) is 1. The molecule has 2 rings (SSSR count). The third-order valence-corrected chi connectivity index (χ3v) is 2.86. The van der Waals surface area contributed by atoms with Crippen LogP contribution >= 0.6 is 0 Å². The number of aryl methyl sites for hydroxylation is 1. The lowest BCUT2D eigenvalue weighted by Gasteiger charge is -2.18. The summed E-state index contributed by atoms with van der Waals surface area (Å²) in [6, 6.07) is 4.01. The lowest BCUT2D eigenvalue weighted by molar-refractivity contribution is 0.766. The monoisotopic (exact) mass is 245 g/mol. The van der Waals surface area contributed by atoms with Crippen molar-refractivity contribution in [3.05, 3.63) is 41.9 Å². The van der Waals surface area contributed by atoms with Crippen LogP contribution in [0.25, 0.3) is 0 Å². The van der Waals surface area contributed by atoms with Crippen LogP contribution in [0, 0.1) is 0 Å². The molecule has 0 fully saturated rings. The van der Waals surface area contributed by atoms with Crippen LogP contribution in [0.3, 0.4) is 0 Å². The molecule has 2 N–H and O–H groups in total. The van der Waals surface area contributed by atoms with Gasteiger partial charge in [-0.05, 0) is 24.6 Å². The first-order valence-electron chi connectivity index (χ1n) is 5.96. The van der Waals surface area contributed by atoms with Gasteiger partial charge in [0.2, 0.25) is 0 Å². The molecule has 2 heterocycles. The average Bonchev–Trinajstić information content (AvgIpc) is 2.75. The van der Waals surface area contributed by atoms with Crippen LogP contribution in [-0.2, 0) is 13.6 Å². The molecule has 0 spiro atoms. The summed E-state index contributed by atoms with van der Waals surface area (Å²) in [5.41, 5.74) is 8.13. The molecule has 1 atom stereocenters. The molecule has 0 aliphatic heterocycles. The molecule has 5 heteroatoms. The second-order valence-electron chi connectivity index (χ2n) is 4.61. The van der Waals surface area contributed by atoms with Crippen LogP contribution in [0.5, 0.6) is 0 Å². The van der Waals surface area contributed by atoms with Crippen LogP contribution in [0.1, 0.15) is 24.1 Å². The molecule has 0 saturated heterocycles. The Kier molecular flexibility index (Phi) is 3.62. The lowest BCUT2D eigenvalue weighted by atomic mass is 10.1. The Hall–Kier alpha value is -1.88. The van der Waals surface area contributed by atoms with Crippen molar-refractivity contribution < 1.29 is 0 Å². The highest BCUT2D eigenvalue weighted by Gasteiger charge is 2.07. The van der Waals surface area contributed by atoms with E-state index in [0.29, 0.717) is 0 Å². The second-order valence-corrected chi connectivity index (χ2v) is 4.61. The van der Waals surface area contributed by atoms with Crippen LogP contribution in [0.2, 0.25) is 0 Å². The van der Waals surface area contributed by atoms with Crippen LogP contribution in [0.4, 0.5) is 5.82 Å². The van der Waals surface area contributed by atoms with E-state index in [9.17, 15) is 0 Å². The van der Waals surface area contributed by atoms with E-state index in [0.717, 1.165) is 23.5 Å². The van der Waals surface area contributed by atoms with Crippen LogP contribution in [0.15, 0.2) is 30.7 Å². The van der Waals surface area contributed by atoms with Gasteiger partial charge in [-0.25, -0.2) is 4.98 Å².